The summed E-state index contributed by atoms with van der Waals surface area (Å²) in [4.78, 5) is 8.81. The molecule has 0 amide bonds. The Bertz CT molecular complexity index is 347. The average molecular weight is 219 g/mol. The van der Waals surface area contributed by atoms with Crippen LogP contribution in [0.25, 0.3) is 0 Å². The lowest BCUT2D eigenvalue weighted by Gasteiger charge is -2.18. The molecule has 0 atom stereocenters. The van der Waals surface area contributed by atoms with E-state index >= 15 is 0 Å². The molecule has 1 aliphatic rings. The smallest absolute Gasteiger partial charge is 0.115 e. The Hall–Kier alpha value is -0.960. The summed E-state index contributed by atoms with van der Waals surface area (Å²) >= 11 is 0. The van der Waals surface area contributed by atoms with Gasteiger partial charge in [-0.3, -0.25) is 0 Å². The van der Waals surface area contributed by atoms with Crippen molar-refractivity contribution in [2.24, 2.45) is 5.92 Å². The molecule has 0 spiro atoms. The van der Waals surface area contributed by atoms with Gasteiger partial charge in [0.25, 0.3) is 0 Å². The number of nitrogens with zero attached hydrogens (tertiary/aromatic N) is 2. The summed E-state index contributed by atoms with van der Waals surface area (Å²) in [6.45, 7) is 6.55. The second-order valence-electron chi connectivity index (χ2n) is 4.96. The second kappa shape index (κ2) is 5.39. The van der Waals surface area contributed by atoms with E-state index < -0.39 is 0 Å². The Labute approximate surface area is 97.7 Å². The van der Waals surface area contributed by atoms with E-state index in [4.69, 9.17) is 0 Å². The normalized spacial score (nSPS) is 15.2. The van der Waals surface area contributed by atoms with Gasteiger partial charge in [0.2, 0.25) is 0 Å². The van der Waals surface area contributed by atoms with Crippen molar-refractivity contribution in [3.05, 3.63) is 23.3 Å². The van der Waals surface area contributed by atoms with Crippen LogP contribution in [0.4, 0.5) is 0 Å². The van der Waals surface area contributed by atoms with Gasteiger partial charge in [0.05, 0.1) is 0 Å². The highest BCUT2D eigenvalue weighted by molar-refractivity contribution is 5.26. The molecule has 0 saturated carbocycles. The van der Waals surface area contributed by atoms with Crippen molar-refractivity contribution in [2.75, 3.05) is 6.54 Å². The molecule has 0 bridgehead atoms. The number of rotatable bonds is 4. The molecular weight excluding hydrogens is 198 g/mol. The first-order valence-corrected chi connectivity index (χ1v) is 6.29. The van der Waals surface area contributed by atoms with E-state index in [1.165, 1.54) is 29.8 Å². The summed E-state index contributed by atoms with van der Waals surface area (Å²) in [6.07, 6.45) is 6.40. The topological polar surface area (TPSA) is 37.8 Å². The van der Waals surface area contributed by atoms with Gasteiger partial charge in [0.1, 0.15) is 6.33 Å². The summed E-state index contributed by atoms with van der Waals surface area (Å²) in [6, 6.07) is 0. The summed E-state index contributed by atoms with van der Waals surface area (Å²) in [5, 5.41) is 3.40. The Kier molecular flexibility index (Phi) is 3.88. The van der Waals surface area contributed by atoms with Gasteiger partial charge in [0, 0.05) is 36.5 Å². The minimum absolute atomic E-state index is 0.788. The van der Waals surface area contributed by atoms with Crippen molar-refractivity contribution in [3.63, 3.8) is 0 Å². The quantitative estimate of drug-likeness (QED) is 0.842. The van der Waals surface area contributed by atoms with Crippen LogP contribution in [-0.4, -0.2) is 16.5 Å². The summed E-state index contributed by atoms with van der Waals surface area (Å²) in [5.74, 6) is 0.788. The molecule has 0 aromatic carbocycles. The maximum Gasteiger partial charge on any atom is 0.115 e. The molecule has 16 heavy (non-hydrogen) atoms. The third kappa shape index (κ3) is 2.79. The van der Waals surface area contributed by atoms with Gasteiger partial charge in [-0.25, -0.2) is 9.97 Å². The Morgan fingerprint density at radius 2 is 2.25 bits per heavy atom. The predicted molar refractivity (Wildman–Crippen MR) is 65.2 cm³/mol. The van der Waals surface area contributed by atoms with Crippen LogP contribution in [0.15, 0.2) is 6.33 Å². The SMILES string of the molecule is CC(C)CCCc1ncnc2c1CNCC2. The third-order valence-corrected chi connectivity index (χ3v) is 3.16. The number of aromatic nitrogens is 2. The molecule has 1 aromatic heterocycles. The molecule has 1 aromatic rings. The second-order valence-corrected chi connectivity index (χ2v) is 4.96. The number of hydrogen-bond donors (Lipinski definition) is 1. The molecule has 1 N–H and O–H groups in total. The molecule has 2 heterocycles. The lowest BCUT2D eigenvalue weighted by Crippen LogP contribution is -2.26. The van der Waals surface area contributed by atoms with Crippen molar-refractivity contribution in [1.82, 2.24) is 15.3 Å². The van der Waals surface area contributed by atoms with Crippen molar-refractivity contribution >= 4 is 0 Å². The van der Waals surface area contributed by atoms with E-state index in [0.29, 0.717) is 0 Å². The van der Waals surface area contributed by atoms with Crippen LogP contribution in [0.1, 0.15) is 43.6 Å². The largest absolute Gasteiger partial charge is 0.312 e. The predicted octanol–water partition coefficient (Wildman–Crippen LogP) is 2.10. The van der Waals surface area contributed by atoms with Gasteiger partial charge in [-0.15, -0.1) is 0 Å². The molecule has 0 unspecified atom stereocenters. The first-order chi connectivity index (χ1) is 7.77. The van der Waals surface area contributed by atoms with Crippen LogP contribution in [0, 0.1) is 5.92 Å². The van der Waals surface area contributed by atoms with E-state index in [1.807, 2.05) is 0 Å². The van der Waals surface area contributed by atoms with Gasteiger partial charge >= 0.3 is 0 Å². The standard InChI is InChI=1S/C13H21N3/c1-10(2)4-3-5-12-11-8-14-7-6-13(11)16-9-15-12/h9-10,14H,3-8H2,1-2H3. The maximum absolute atomic E-state index is 4.44. The van der Waals surface area contributed by atoms with E-state index in [0.717, 1.165) is 31.8 Å². The first-order valence-electron chi connectivity index (χ1n) is 6.29. The van der Waals surface area contributed by atoms with Crippen molar-refractivity contribution < 1.29 is 0 Å². The van der Waals surface area contributed by atoms with Crippen LogP contribution in [0.5, 0.6) is 0 Å². The Morgan fingerprint density at radius 3 is 3.06 bits per heavy atom. The van der Waals surface area contributed by atoms with Crippen LogP contribution in [0.3, 0.4) is 0 Å². The first kappa shape index (κ1) is 11.5. The zero-order valence-corrected chi connectivity index (χ0v) is 10.3. The van der Waals surface area contributed by atoms with E-state index in [1.54, 1.807) is 6.33 Å². The van der Waals surface area contributed by atoms with Crippen LogP contribution in [0.2, 0.25) is 0 Å². The Balaban J connectivity index is 2.03. The van der Waals surface area contributed by atoms with Gasteiger partial charge < -0.3 is 5.32 Å². The summed E-state index contributed by atoms with van der Waals surface area (Å²) in [7, 11) is 0. The number of fused-ring (bicyclic) bond motifs is 1. The van der Waals surface area contributed by atoms with Crippen molar-refractivity contribution in [2.45, 2.75) is 46.1 Å². The number of aryl methyl sites for hydroxylation is 1. The summed E-state index contributed by atoms with van der Waals surface area (Å²) in [5.41, 5.74) is 3.88. The van der Waals surface area contributed by atoms with Crippen LogP contribution >= 0.6 is 0 Å². The highest BCUT2D eigenvalue weighted by Crippen LogP contribution is 2.17. The number of nitrogens with one attached hydrogen (secondary N) is 1. The molecule has 0 fully saturated rings. The highest BCUT2D eigenvalue weighted by Gasteiger charge is 2.14. The van der Waals surface area contributed by atoms with Gasteiger partial charge in [-0.2, -0.15) is 0 Å². The average Bonchev–Trinajstić information content (AvgIpc) is 2.29. The van der Waals surface area contributed by atoms with Crippen LogP contribution < -0.4 is 5.32 Å². The van der Waals surface area contributed by atoms with Gasteiger partial charge in [-0.05, 0) is 18.8 Å². The monoisotopic (exact) mass is 219 g/mol. The molecule has 0 radical (unpaired) electrons. The molecule has 0 saturated heterocycles. The van der Waals surface area contributed by atoms with E-state index in [-0.39, 0.29) is 0 Å². The molecule has 88 valence electrons. The molecule has 2 rings (SSSR count). The zero-order chi connectivity index (χ0) is 11.4. The van der Waals surface area contributed by atoms with Gasteiger partial charge in [-0.1, -0.05) is 20.3 Å². The van der Waals surface area contributed by atoms with Crippen molar-refractivity contribution in [3.8, 4) is 0 Å². The summed E-state index contributed by atoms with van der Waals surface area (Å²) < 4.78 is 0. The highest BCUT2D eigenvalue weighted by atomic mass is 14.9. The Morgan fingerprint density at radius 1 is 1.38 bits per heavy atom. The molecular formula is C13H21N3. The fraction of sp³-hybridized carbons (Fsp3) is 0.692. The molecule has 3 nitrogen and oxygen atoms in total. The molecule has 0 aliphatic carbocycles. The fourth-order valence-corrected chi connectivity index (χ4v) is 2.22. The third-order valence-electron chi connectivity index (χ3n) is 3.16. The minimum atomic E-state index is 0.788. The van der Waals surface area contributed by atoms with Crippen LogP contribution in [-0.2, 0) is 19.4 Å². The van der Waals surface area contributed by atoms with E-state index in [2.05, 4.69) is 29.1 Å². The molecule has 1 aliphatic heterocycles. The van der Waals surface area contributed by atoms with E-state index in [9.17, 15) is 0 Å². The fourth-order valence-electron chi connectivity index (χ4n) is 2.22. The zero-order valence-electron chi connectivity index (χ0n) is 10.3. The lowest BCUT2D eigenvalue weighted by molar-refractivity contribution is 0.546. The number of hydrogen-bond acceptors (Lipinski definition) is 3. The van der Waals surface area contributed by atoms with Crippen molar-refractivity contribution in [1.29, 1.82) is 0 Å². The van der Waals surface area contributed by atoms with Gasteiger partial charge in [0.15, 0.2) is 0 Å². The molecule has 3 heteroatoms. The minimum Gasteiger partial charge on any atom is -0.312 e. The maximum atomic E-state index is 4.44. The lowest BCUT2D eigenvalue weighted by atomic mass is 10.00.